The van der Waals surface area contributed by atoms with Gasteiger partial charge in [0.05, 0.1) is 6.04 Å². The van der Waals surface area contributed by atoms with E-state index in [1.165, 1.54) is 0 Å². The molecule has 0 aliphatic carbocycles. The molecule has 2 rings (SSSR count). The summed E-state index contributed by atoms with van der Waals surface area (Å²) in [5.41, 5.74) is 7.15. The summed E-state index contributed by atoms with van der Waals surface area (Å²) >= 11 is 1.67. The zero-order chi connectivity index (χ0) is 15.9. The Balaban J connectivity index is 0.00000264. The van der Waals surface area contributed by atoms with Crippen LogP contribution in [0.15, 0.2) is 24.3 Å². The molecule has 0 bridgehead atoms. The summed E-state index contributed by atoms with van der Waals surface area (Å²) < 4.78 is 0. The van der Waals surface area contributed by atoms with E-state index in [-0.39, 0.29) is 24.2 Å². The maximum atomic E-state index is 12.2. The Labute approximate surface area is 147 Å². The minimum absolute atomic E-state index is 0. The first-order valence-electron chi connectivity index (χ1n) is 7.56. The van der Waals surface area contributed by atoms with Crippen LogP contribution in [-0.4, -0.2) is 47.9 Å². The number of benzene rings is 1. The molecule has 1 aromatic rings. The van der Waals surface area contributed by atoms with E-state index in [0.29, 0.717) is 17.7 Å². The molecule has 3 N–H and O–H groups in total. The quantitative estimate of drug-likeness (QED) is 0.819. The smallest absolute Gasteiger partial charge is 0.253 e. The van der Waals surface area contributed by atoms with Crippen molar-refractivity contribution in [3.8, 4) is 0 Å². The van der Waals surface area contributed by atoms with Gasteiger partial charge >= 0.3 is 0 Å². The second-order valence-corrected chi connectivity index (χ2v) is 6.44. The summed E-state index contributed by atoms with van der Waals surface area (Å²) in [4.78, 5) is 26.0. The lowest BCUT2D eigenvalue weighted by Crippen LogP contribution is -2.36. The van der Waals surface area contributed by atoms with E-state index in [2.05, 4.69) is 5.32 Å². The van der Waals surface area contributed by atoms with E-state index in [1.807, 2.05) is 11.2 Å². The molecule has 1 aromatic carbocycles. The summed E-state index contributed by atoms with van der Waals surface area (Å²) in [7, 11) is 0. The lowest BCUT2D eigenvalue weighted by molar-refractivity contribution is -0.117. The molecule has 5 nitrogen and oxygen atoms in total. The van der Waals surface area contributed by atoms with Crippen LogP contribution in [0.5, 0.6) is 0 Å². The molecule has 0 spiro atoms. The average molecular weight is 358 g/mol. The first-order chi connectivity index (χ1) is 10.6. The highest BCUT2D eigenvalue weighted by Gasteiger charge is 2.19. The molecule has 128 valence electrons. The number of thioether (sulfide) groups is 1. The number of amides is 2. The Morgan fingerprint density at radius 1 is 1.26 bits per heavy atom. The van der Waals surface area contributed by atoms with E-state index in [4.69, 9.17) is 5.73 Å². The maximum absolute atomic E-state index is 12.2. The molecule has 1 saturated heterocycles. The zero-order valence-electron chi connectivity index (χ0n) is 13.3. The largest absolute Gasteiger partial charge is 0.339 e. The van der Waals surface area contributed by atoms with Crippen LogP contribution in [-0.2, 0) is 4.79 Å². The van der Waals surface area contributed by atoms with Gasteiger partial charge in [-0.05, 0) is 55.5 Å². The summed E-state index contributed by atoms with van der Waals surface area (Å²) in [6.07, 6.45) is 4.79. The number of nitrogens with zero attached hydrogens (tertiary/aromatic N) is 1. The Morgan fingerprint density at radius 3 is 2.43 bits per heavy atom. The third-order valence-electron chi connectivity index (χ3n) is 3.76. The SMILES string of the molecule is CSCC[C@H](N)C(=O)Nc1ccc(C(=O)N2CCCC2)cc1.Cl. The second kappa shape index (κ2) is 9.80. The highest BCUT2D eigenvalue weighted by atomic mass is 35.5. The van der Waals surface area contributed by atoms with Crippen LogP contribution in [0.1, 0.15) is 29.6 Å². The molecule has 0 aromatic heterocycles. The van der Waals surface area contributed by atoms with Crippen LogP contribution in [0.2, 0.25) is 0 Å². The molecule has 0 saturated carbocycles. The maximum Gasteiger partial charge on any atom is 0.253 e. The van der Waals surface area contributed by atoms with Crippen molar-refractivity contribution >= 4 is 41.7 Å². The number of anilines is 1. The van der Waals surface area contributed by atoms with Gasteiger partial charge in [0.15, 0.2) is 0 Å². The molecular weight excluding hydrogens is 334 g/mol. The Hall–Kier alpha value is -1.24. The number of nitrogens with one attached hydrogen (secondary N) is 1. The van der Waals surface area contributed by atoms with Gasteiger partial charge in [-0.2, -0.15) is 11.8 Å². The average Bonchev–Trinajstić information content (AvgIpc) is 3.07. The normalized spacial score (nSPS) is 15.0. The molecule has 7 heteroatoms. The third kappa shape index (κ3) is 5.71. The summed E-state index contributed by atoms with van der Waals surface area (Å²) in [5.74, 6) is 0.734. The first kappa shape index (κ1) is 19.8. The Morgan fingerprint density at radius 2 is 1.87 bits per heavy atom. The number of nitrogens with two attached hydrogens (primary N) is 1. The van der Waals surface area contributed by atoms with Crippen LogP contribution in [0.3, 0.4) is 0 Å². The van der Waals surface area contributed by atoms with Gasteiger partial charge in [0.1, 0.15) is 0 Å². The highest BCUT2D eigenvalue weighted by molar-refractivity contribution is 7.98. The number of likely N-dealkylation sites (tertiary alicyclic amines) is 1. The minimum Gasteiger partial charge on any atom is -0.339 e. The van der Waals surface area contributed by atoms with E-state index in [9.17, 15) is 9.59 Å². The monoisotopic (exact) mass is 357 g/mol. The predicted octanol–water partition coefficient (Wildman–Crippen LogP) is 2.36. The zero-order valence-corrected chi connectivity index (χ0v) is 14.9. The first-order valence-corrected chi connectivity index (χ1v) is 8.96. The summed E-state index contributed by atoms with van der Waals surface area (Å²) in [6, 6.07) is 6.51. The number of halogens is 1. The van der Waals surface area contributed by atoms with Crippen LogP contribution in [0.25, 0.3) is 0 Å². The van der Waals surface area contributed by atoms with Crippen molar-refractivity contribution in [3.05, 3.63) is 29.8 Å². The van der Waals surface area contributed by atoms with Crippen molar-refractivity contribution in [1.82, 2.24) is 4.90 Å². The number of hydrogen-bond donors (Lipinski definition) is 2. The number of carbonyl (C=O) groups excluding carboxylic acids is 2. The predicted molar refractivity (Wildman–Crippen MR) is 98.4 cm³/mol. The van der Waals surface area contributed by atoms with Crippen LogP contribution in [0.4, 0.5) is 5.69 Å². The van der Waals surface area contributed by atoms with Gasteiger partial charge in [0.25, 0.3) is 5.91 Å². The lowest BCUT2D eigenvalue weighted by atomic mass is 10.1. The van der Waals surface area contributed by atoms with E-state index < -0.39 is 6.04 Å². The van der Waals surface area contributed by atoms with Crippen molar-refractivity contribution in [1.29, 1.82) is 0 Å². The fourth-order valence-corrected chi connectivity index (χ4v) is 2.90. The van der Waals surface area contributed by atoms with E-state index in [1.54, 1.807) is 36.0 Å². The van der Waals surface area contributed by atoms with Crippen molar-refractivity contribution in [2.24, 2.45) is 5.73 Å². The number of carbonyl (C=O) groups is 2. The highest BCUT2D eigenvalue weighted by Crippen LogP contribution is 2.15. The second-order valence-electron chi connectivity index (χ2n) is 5.45. The van der Waals surface area contributed by atoms with Crippen molar-refractivity contribution in [2.45, 2.75) is 25.3 Å². The molecule has 1 aliphatic heterocycles. The van der Waals surface area contributed by atoms with Gasteiger partial charge < -0.3 is 16.0 Å². The van der Waals surface area contributed by atoms with Crippen molar-refractivity contribution < 1.29 is 9.59 Å². The topological polar surface area (TPSA) is 75.4 Å². The van der Waals surface area contributed by atoms with Gasteiger partial charge in [0, 0.05) is 24.3 Å². The van der Waals surface area contributed by atoms with E-state index in [0.717, 1.165) is 31.7 Å². The molecule has 1 aliphatic rings. The fourth-order valence-electron chi connectivity index (χ4n) is 2.41. The van der Waals surface area contributed by atoms with Crippen LogP contribution in [0, 0.1) is 0 Å². The van der Waals surface area contributed by atoms with Crippen LogP contribution < -0.4 is 11.1 Å². The minimum atomic E-state index is -0.502. The molecule has 1 heterocycles. The standard InChI is InChI=1S/C16H23N3O2S.ClH/c1-22-11-8-14(17)15(20)18-13-6-4-12(5-7-13)16(21)19-9-2-3-10-19;/h4-7,14H,2-3,8-11,17H2,1H3,(H,18,20);1H/t14-;/m0./s1. The number of hydrogen-bond acceptors (Lipinski definition) is 4. The molecule has 1 atom stereocenters. The number of rotatable bonds is 6. The van der Waals surface area contributed by atoms with Gasteiger partial charge in [-0.25, -0.2) is 0 Å². The van der Waals surface area contributed by atoms with Crippen LogP contribution >= 0.6 is 24.2 Å². The lowest BCUT2D eigenvalue weighted by Gasteiger charge is -2.16. The molecule has 2 amide bonds. The van der Waals surface area contributed by atoms with Crippen molar-refractivity contribution in [3.63, 3.8) is 0 Å². The van der Waals surface area contributed by atoms with E-state index >= 15 is 0 Å². The summed E-state index contributed by atoms with van der Waals surface area (Å²) in [5, 5.41) is 2.79. The fraction of sp³-hybridized carbons (Fsp3) is 0.500. The van der Waals surface area contributed by atoms with Gasteiger partial charge in [0.2, 0.25) is 5.91 Å². The van der Waals surface area contributed by atoms with Crippen molar-refractivity contribution in [2.75, 3.05) is 30.4 Å². The van der Waals surface area contributed by atoms with Gasteiger partial charge in [-0.1, -0.05) is 0 Å². The van der Waals surface area contributed by atoms with Gasteiger partial charge in [-0.15, -0.1) is 12.4 Å². The molecule has 0 unspecified atom stereocenters. The summed E-state index contributed by atoms with van der Waals surface area (Å²) in [6.45, 7) is 1.67. The Bertz CT molecular complexity index is 519. The molecule has 1 fully saturated rings. The molecular formula is C16H24ClN3O2S. The molecule has 0 radical (unpaired) electrons. The van der Waals surface area contributed by atoms with Gasteiger partial charge in [-0.3, -0.25) is 9.59 Å². The third-order valence-corrected chi connectivity index (χ3v) is 4.41. The molecule has 23 heavy (non-hydrogen) atoms. The Kier molecular flexibility index (Phi) is 8.44.